The molecular formula is C19H26N6O5S. The minimum atomic E-state index is -4.03. The number of sulfonamides is 1. The fraction of sp³-hybridized carbons (Fsp3) is 0.316. The Hall–Kier alpha value is -3.54. The minimum absolute atomic E-state index is 0.0127. The molecule has 2 aromatic rings. The van der Waals surface area contributed by atoms with Crippen molar-refractivity contribution in [3.63, 3.8) is 0 Å². The van der Waals surface area contributed by atoms with E-state index in [1.54, 1.807) is 25.1 Å². The van der Waals surface area contributed by atoms with Crippen molar-refractivity contribution in [2.24, 2.45) is 16.6 Å². The molecule has 0 bridgehead atoms. The van der Waals surface area contributed by atoms with Crippen molar-refractivity contribution >= 4 is 27.6 Å². The summed E-state index contributed by atoms with van der Waals surface area (Å²) in [6.45, 7) is 3.73. The molecule has 1 heterocycles. The lowest BCUT2D eigenvalue weighted by molar-refractivity contribution is -0.120. The number of aromatic nitrogens is 1. The molecular weight excluding hydrogens is 424 g/mol. The maximum Gasteiger partial charge on any atom is 0.272 e. The number of hydrogen-bond donors (Lipinski definition) is 5. The first kappa shape index (κ1) is 23.7. The Bertz CT molecular complexity index is 1120. The van der Waals surface area contributed by atoms with Gasteiger partial charge in [-0.2, -0.15) is 0 Å². The number of amides is 1. The molecule has 1 aromatic carbocycles. The summed E-state index contributed by atoms with van der Waals surface area (Å²) in [6.07, 6.45) is 0.284. The van der Waals surface area contributed by atoms with Gasteiger partial charge in [0.15, 0.2) is 0 Å². The van der Waals surface area contributed by atoms with Gasteiger partial charge in [-0.1, -0.05) is 19.1 Å². The zero-order chi connectivity index (χ0) is 23.0. The second kappa shape index (κ2) is 10.5. The highest BCUT2D eigenvalue weighted by molar-refractivity contribution is 7.92. The van der Waals surface area contributed by atoms with Crippen LogP contribution in [0.5, 0.6) is 0 Å². The maximum absolute atomic E-state index is 12.8. The molecule has 0 atom stereocenters. The number of anilines is 1. The standard InChI is InChI=1S/C19H26N6O5S/c1-3-14-10-13(11-16(26)22-7-8-30-24-19(20)21)17(18(27)23-14)25-31(28,29)15-6-4-5-12(2)9-15/h4-6,9-10,25H,3,7-8,11H2,1-2H3,(H,22,26)(H,23,27)(H4,20,21,24). The number of benzene rings is 1. The lowest BCUT2D eigenvalue weighted by atomic mass is 10.1. The number of carbonyl (C=O) groups excluding carboxylic acids is 1. The normalized spacial score (nSPS) is 10.9. The van der Waals surface area contributed by atoms with Gasteiger partial charge in [0.1, 0.15) is 12.3 Å². The summed E-state index contributed by atoms with van der Waals surface area (Å²) in [6, 6.07) is 7.86. The van der Waals surface area contributed by atoms with Gasteiger partial charge < -0.3 is 26.6 Å². The average molecular weight is 451 g/mol. The van der Waals surface area contributed by atoms with Gasteiger partial charge in [-0.05, 0) is 47.8 Å². The highest BCUT2D eigenvalue weighted by Gasteiger charge is 2.20. The fourth-order valence-corrected chi connectivity index (χ4v) is 3.89. The molecule has 0 saturated heterocycles. The van der Waals surface area contributed by atoms with Crippen molar-refractivity contribution in [3.05, 3.63) is 57.5 Å². The molecule has 31 heavy (non-hydrogen) atoms. The largest absolute Gasteiger partial charge is 0.391 e. The van der Waals surface area contributed by atoms with Gasteiger partial charge in [0.2, 0.25) is 11.9 Å². The number of nitrogens with two attached hydrogens (primary N) is 2. The summed E-state index contributed by atoms with van der Waals surface area (Å²) in [7, 11) is -4.03. The van der Waals surface area contributed by atoms with Gasteiger partial charge in [0, 0.05) is 5.69 Å². The first-order chi connectivity index (χ1) is 14.6. The van der Waals surface area contributed by atoms with Crippen molar-refractivity contribution in [2.45, 2.75) is 31.6 Å². The first-order valence-corrected chi connectivity index (χ1v) is 10.9. The number of aryl methyl sites for hydroxylation is 2. The van der Waals surface area contributed by atoms with Gasteiger partial charge in [0.05, 0.1) is 17.9 Å². The van der Waals surface area contributed by atoms with Crippen molar-refractivity contribution in [1.82, 2.24) is 10.3 Å². The van der Waals surface area contributed by atoms with E-state index in [-0.39, 0.29) is 41.7 Å². The maximum atomic E-state index is 12.8. The third-order valence-corrected chi connectivity index (χ3v) is 5.47. The number of pyridine rings is 1. The van der Waals surface area contributed by atoms with Crippen LogP contribution in [-0.2, 0) is 32.5 Å². The zero-order valence-corrected chi connectivity index (χ0v) is 18.1. The highest BCUT2D eigenvalue weighted by Crippen LogP contribution is 2.19. The Morgan fingerprint density at radius 2 is 2.00 bits per heavy atom. The molecule has 0 unspecified atom stereocenters. The van der Waals surface area contributed by atoms with Gasteiger partial charge in [-0.3, -0.25) is 14.3 Å². The van der Waals surface area contributed by atoms with Crippen LogP contribution >= 0.6 is 0 Å². The second-order valence-electron chi connectivity index (χ2n) is 6.68. The molecule has 0 aliphatic carbocycles. The summed E-state index contributed by atoms with van der Waals surface area (Å²) in [5, 5.41) is 5.91. The van der Waals surface area contributed by atoms with Crippen LogP contribution in [-0.4, -0.2) is 38.4 Å². The SMILES string of the molecule is CCc1cc(CC(=O)NCCON=C(N)N)c(NS(=O)(=O)c2cccc(C)c2)c(=O)[nH]1. The van der Waals surface area contributed by atoms with Crippen LogP contribution in [0.25, 0.3) is 0 Å². The van der Waals surface area contributed by atoms with Gasteiger partial charge in [-0.25, -0.2) is 8.42 Å². The number of carbonyl (C=O) groups is 1. The van der Waals surface area contributed by atoms with Crippen LogP contribution in [0.2, 0.25) is 0 Å². The topological polar surface area (TPSA) is 182 Å². The molecule has 12 heteroatoms. The van der Waals surface area contributed by atoms with Crippen molar-refractivity contribution in [2.75, 3.05) is 17.9 Å². The van der Waals surface area contributed by atoms with Crippen LogP contribution in [0, 0.1) is 6.92 Å². The molecule has 0 saturated carbocycles. The first-order valence-electron chi connectivity index (χ1n) is 9.44. The van der Waals surface area contributed by atoms with Crippen molar-refractivity contribution in [1.29, 1.82) is 0 Å². The smallest absolute Gasteiger partial charge is 0.272 e. The number of guanidine groups is 1. The Morgan fingerprint density at radius 1 is 1.26 bits per heavy atom. The summed E-state index contributed by atoms with van der Waals surface area (Å²) >= 11 is 0. The Balaban J connectivity index is 2.23. The van der Waals surface area contributed by atoms with Crippen molar-refractivity contribution in [3.8, 4) is 0 Å². The van der Waals surface area contributed by atoms with Gasteiger partial charge in [-0.15, -0.1) is 0 Å². The number of aromatic amines is 1. The van der Waals surface area contributed by atoms with E-state index in [9.17, 15) is 18.0 Å². The highest BCUT2D eigenvalue weighted by atomic mass is 32.2. The predicted octanol–water partition coefficient (Wildman–Crippen LogP) is -0.0898. The van der Waals surface area contributed by atoms with Gasteiger partial charge >= 0.3 is 0 Å². The van der Waals surface area contributed by atoms with Crippen molar-refractivity contribution < 1.29 is 18.0 Å². The van der Waals surface area contributed by atoms with E-state index in [4.69, 9.17) is 16.3 Å². The lowest BCUT2D eigenvalue weighted by Crippen LogP contribution is -2.30. The summed E-state index contributed by atoms with van der Waals surface area (Å²) in [4.78, 5) is 32.3. The van der Waals surface area contributed by atoms with Crippen LogP contribution in [0.15, 0.2) is 45.2 Å². The average Bonchev–Trinajstić information content (AvgIpc) is 2.69. The van der Waals surface area contributed by atoms with E-state index in [0.717, 1.165) is 5.56 Å². The molecule has 7 N–H and O–H groups in total. The summed E-state index contributed by atoms with van der Waals surface area (Å²) < 4.78 is 27.9. The molecule has 11 nitrogen and oxygen atoms in total. The molecule has 0 aliphatic rings. The predicted molar refractivity (Wildman–Crippen MR) is 117 cm³/mol. The van der Waals surface area contributed by atoms with E-state index in [2.05, 4.69) is 20.2 Å². The Morgan fingerprint density at radius 3 is 2.65 bits per heavy atom. The molecule has 1 amide bonds. The van der Waals surface area contributed by atoms with E-state index >= 15 is 0 Å². The minimum Gasteiger partial charge on any atom is -0.391 e. The molecule has 1 aromatic heterocycles. The zero-order valence-electron chi connectivity index (χ0n) is 17.3. The van der Waals surface area contributed by atoms with E-state index in [1.165, 1.54) is 12.1 Å². The molecule has 0 fully saturated rings. The van der Waals surface area contributed by atoms with Gasteiger partial charge in [0.25, 0.3) is 15.6 Å². The Labute approximate surface area is 179 Å². The molecule has 0 aliphatic heterocycles. The van der Waals surface area contributed by atoms with Crippen LogP contribution in [0.4, 0.5) is 5.69 Å². The quantitative estimate of drug-likeness (QED) is 0.145. The monoisotopic (exact) mass is 450 g/mol. The summed E-state index contributed by atoms with van der Waals surface area (Å²) in [5.74, 6) is -0.676. The third kappa shape index (κ3) is 7.03. The second-order valence-corrected chi connectivity index (χ2v) is 8.36. The van der Waals surface area contributed by atoms with E-state index in [1.807, 2.05) is 6.92 Å². The molecule has 2 rings (SSSR count). The molecule has 0 radical (unpaired) electrons. The number of oxime groups is 1. The fourth-order valence-electron chi connectivity index (χ4n) is 2.68. The van der Waals surface area contributed by atoms with Crippen LogP contribution in [0.3, 0.4) is 0 Å². The number of nitrogens with one attached hydrogen (secondary N) is 3. The molecule has 168 valence electrons. The van der Waals surface area contributed by atoms with Crippen LogP contribution in [0.1, 0.15) is 23.7 Å². The number of H-pyrrole nitrogens is 1. The number of rotatable bonds is 10. The Kier molecular flexibility index (Phi) is 8.02. The number of hydrogen-bond acceptors (Lipinski definition) is 6. The lowest BCUT2D eigenvalue weighted by Gasteiger charge is -2.14. The summed E-state index contributed by atoms with van der Waals surface area (Å²) in [5.41, 5.74) is 11.0. The molecule has 0 spiro atoms. The van der Waals surface area contributed by atoms with E-state index in [0.29, 0.717) is 12.1 Å². The third-order valence-electron chi connectivity index (χ3n) is 4.12. The van der Waals surface area contributed by atoms with Crippen LogP contribution < -0.4 is 27.1 Å². The van der Waals surface area contributed by atoms with E-state index < -0.39 is 21.5 Å². The number of nitrogens with zero attached hydrogens (tertiary/aromatic N) is 1.